The van der Waals surface area contributed by atoms with Crippen LogP contribution in [0.4, 0.5) is 0 Å². The highest BCUT2D eigenvalue weighted by Crippen LogP contribution is 2.39. The van der Waals surface area contributed by atoms with Crippen LogP contribution in [0.15, 0.2) is 70.3 Å². The molecule has 192 valence electrons. The van der Waals surface area contributed by atoms with Gasteiger partial charge in [0.2, 0.25) is 6.54 Å². The van der Waals surface area contributed by atoms with Crippen molar-refractivity contribution < 1.29 is 14.4 Å². The van der Waals surface area contributed by atoms with E-state index in [9.17, 15) is 10.1 Å². The van der Waals surface area contributed by atoms with Gasteiger partial charge in [-0.1, -0.05) is 47.1 Å². The molecular weight excluding hydrogens is 603 g/mol. The normalized spacial score (nSPS) is 11.8. The predicted octanol–water partition coefficient (Wildman–Crippen LogP) is 7.34. The molecule has 0 N–H and O–H groups in total. The molecule has 0 bridgehead atoms. The minimum absolute atomic E-state index is 0.241. The molecule has 0 radical (unpaired) electrons. The smallest absolute Gasteiger partial charge is 0.220 e. The fourth-order valence-corrected chi connectivity index (χ4v) is 5.69. The van der Waals surface area contributed by atoms with Gasteiger partial charge < -0.3 is 9.47 Å². The van der Waals surface area contributed by atoms with E-state index in [4.69, 9.17) is 32.7 Å². The van der Waals surface area contributed by atoms with Gasteiger partial charge in [-0.25, -0.2) is 0 Å². The number of rotatable bonds is 10. The summed E-state index contributed by atoms with van der Waals surface area (Å²) in [5, 5.41) is 21.1. The average Bonchev–Trinajstić information content (AvgIpc) is 3.23. The van der Waals surface area contributed by atoms with E-state index < -0.39 is 5.25 Å². The summed E-state index contributed by atoms with van der Waals surface area (Å²) in [4.78, 5) is 11.2. The van der Waals surface area contributed by atoms with Crippen LogP contribution in [0.2, 0.25) is 10.0 Å². The molecule has 0 amide bonds. The second-order valence-corrected chi connectivity index (χ2v) is 10.8. The lowest BCUT2D eigenvalue weighted by Gasteiger charge is -2.16. The van der Waals surface area contributed by atoms with Gasteiger partial charge in [0.05, 0.1) is 11.6 Å². The molecule has 37 heavy (non-hydrogen) atoms. The number of nitro groups is 1. The number of halogens is 3. The van der Waals surface area contributed by atoms with Crippen LogP contribution in [-0.4, -0.2) is 33.3 Å². The van der Waals surface area contributed by atoms with Gasteiger partial charge in [0.15, 0.2) is 5.16 Å². The third-order valence-corrected chi connectivity index (χ3v) is 7.80. The van der Waals surface area contributed by atoms with Crippen LogP contribution >= 0.6 is 50.9 Å². The minimum atomic E-state index is -0.522. The van der Waals surface area contributed by atoms with Crippen LogP contribution in [0.1, 0.15) is 22.2 Å². The standard InChI is InChI=1S/C25H21BrCl2N4O4S/c1-15-29-30-25(32(15)19-6-8-20(35-2)9-7-19)37-24(13-31(33)34)16-4-10-23(21(26)11-16)36-14-17-3-5-18(27)12-22(17)28/h3-12,24H,13-14H2,1-2H3/t24-/m0/s1. The topological polar surface area (TPSA) is 92.3 Å². The van der Waals surface area contributed by atoms with Crippen LogP contribution < -0.4 is 9.47 Å². The van der Waals surface area contributed by atoms with E-state index in [2.05, 4.69) is 26.1 Å². The van der Waals surface area contributed by atoms with Crippen LogP contribution in [0.3, 0.4) is 0 Å². The number of nitrogens with zero attached hydrogens (tertiary/aromatic N) is 4. The Bertz CT molecular complexity index is 1420. The highest BCUT2D eigenvalue weighted by Gasteiger charge is 2.24. The van der Waals surface area contributed by atoms with E-state index in [-0.39, 0.29) is 18.1 Å². The summed E-state index contributed by atoms with van der Waals surface area (Å²) < 4.78 is 13.7. The van der Waals surface area contributed by atoms with Crippen molar-refractivity contribution >= 4 is 50.9 Å². The molecule has 0 aliphatic rings. The summed E-state index contributed by atoms with van der Waals surface area (Å²) >= 11 is 17.0. The first-order valence-electron chi connectivity index (χ1n) is 11.0. The van der Waals surface area contributed by atoms with Crippen molar-refractivity contribution in [1.29, 1.82) is 0 Å². The van der Waals surface area contributed by atoms with Gasteiger partial charge in [-0.05, 0) is 76.9 Å². The first-order valence-corrected chi connectivity index (χ1v) is 13.4. The summed E-state index contributed by atoms with van der Waals surface area (Å²) in [6.07, 6.45) is 0. The molecule has 1 atom stereocenters. The van der Waals surface area contributed by atoms with E-state index in [0.717, 1.165) is 22.6 Å². The van der Waals surface area contributed by atoms with Crippen molar-refractivity contribution in [1.82, 2.24) is 14.8 Å². The number of hydrogen-bond acceptors (Lipinski definition) is 7. The van der Waals surface area contributed by atoms with Gasteiger partial charge in [0.1, 0.15) is 29.2 Å². The Kier molecular flexibility index (Phi) is 8.96. The van der Waals surface area contributed by atoms with Crippen LogP contribution in [0, 0.1) is 17.0 Å². The number of hydrogen-bond donors (Lipinski definition) is 0. The third-order valence-electron chi connectivity index (χ3n) is 5.41. The van der Waals surface area contributed by atoms with Gasteiger partial charge >= 0.3 is 0 Å². The maximum Gasteiger partial charge on any atom is 0.220 e. The van der Waals surface area contributed by atoms with E-state index in [1.807, 2.05) is 47.9 Å². The first kappa shape index (κ1) is 27.3. The van der Waals surface area contributed by atoms with Crippen LogP contribution in [-0.2, 0) is 6.61 Å². The molecule has 8 nitrogen and oxygen atoms in total. The Balaban J connectivity index is 1.57. The SMILES string of the molecule is COc1ccc(-n2c(C)nnc2S[C@@H](C[N+](=O)[O-])c2ccc(OCc3ccc(Cl)cc3Cl)c(Br)c2)cc1. The number of aryl methyl sites for hydroxylation is 1. The summed E-state index contributed by atoms with van der Waals surface area (Å²) in [7, 11) is 1.60. The molecule has 1 heterocycles. The fraction of sp³-hybridized carbons (Fsp3) is 0.200. The number of aromatic nitrogens is 3. The number of methoxy groups -OCH3 is 1. The molecule has 0 spiro atoms. The van der Waals surface area contributed by atoms with Gasteiger partial charge in [0.25, 0.3) is 0 Å². The Labute approximate surface area is 236 Å². The lowest BCUT2D eigenvalue weighted by molar-refractivity contribution is -0.479. The number of benzene rings is 3. The molecule has 0 fully saturated rings. The number of ether oxygens (including phenoxy) is 2. The summed E-state index contributed by atoms with van der Waals surface area (Å²) in [5.74, 6) is 1.97. The van der Waals surface area contributed by atoms with E-state index in [0.29, 0.717) is 31.2 Å². The molecule has 4 aromatic rings. The van der Waals surface area contributed by atoms with E-state index in [1.165, 1.54) is 11.8 Å². The maximum atomic E-state index is 11.5. The lowest BCUT2D eigenvalue weighted by Crippen LogP contribution is -2.11. The van der Waals surface area contributed by atoms with Crippen molar-refractivity contribution in [3.8, 4) is 17.2 Å². The minimum Gasteiger partial charge on any atom is -0.497 e. The first-order chi connectivity index (χ1) is 17.7. The summed E-state index contributed by atoms with van der Waals surface area (Å²) in [5.41, 5.74) is 2.36. The van der Waals surface area contributed by atoms with Crippen molar-refractivity contribution in [2.45, 2.75) is 23.9 Å². The zero-order chi connectivity index (χ0) is 26.5. The monoisotopic (exact) mass is 622 g/mol. The van der Waals surface area contributed by atoms with Gasteiger partial charge in [-0.15, -0.1) is 10.2 Å². The molecule has 3 aromatic carbocycles. The molecule has 12 heteroatoms. The molecular formula is C25H21BrCl2N4O4S. The second-order valence-electron chi connectivity index (χ2n) is 7.90. The average molecular weight is 624 g/mol. The molecule has 0 saturated heterocycles. The Morgan fingerprint density at radius 2 is 1.86 bits per heavy atom. The largest absolute Gasteiger partial charge is 0.497 e. The zero-order valence-corrected chi connectivity index (χ0v) is 23.6. The molecule has 4 rings (SSSR count). The highest BCUT2D eigenvalue weighted by atomic mass is 79.9. The Morgan fingerprint density at radius 3 is 2.51 bits per heavy atom. The molecule has 1 aromatic heterocycles. The summed E-state index contributed by atoms with van der Waals surface area (Å²) in [6, 6.07) is 18.1. The third kappa shape index (κ3) is 6.75. The fourth-order valence-electron chi connectivity index (χ4n) is 3.55. The highest BCUT2D eigenvalue weighted by molar-refractivity contribution is 9.10. The van der Waals surface area contributed by atoms with Crippen LogP contribution in [0.5, 0.6) is 11.5 Å². The van der Waals surface area contributed by atoms with Gasteiger partial charge in [0, 0.05) is 26.2 Å². The Hall–Kier alpha value is -2.79. The van der Waals surface area contributed by atoms with Crippen molar-refractivity contribution in [2.75, 3.05) is 13.7 Å². The number of thioether (sulfide) groups is 1. The van der Waals surface area contributed by atoms with Crippen molar-refractivity contribution in [3.05, 3.63) is 102 Å². The van der Waals surface area contributed by atoms with E-state index >= 15 is 0 Å². The molecule has 0 saturated carbocycles. The van der Waals surface area contributed by atoms with Crippen LogP contribution in [0.25, 0.3) is 5.69 Å². The molecule has 0 unspecified atom stereocenters. The quantitative estimate of drug-likeness (QED) is 0.104. The molecule has 0 aliphatic heterocycles. The second kappa shape index (κ2) is 12.2. The van der Waals surface area contributed by atoms with E-state index in [1.54, 1.807) is 31.4 Å². The van der Waals surface area contributed by atoms with Gasteiger partial charge in [-0.3, -0.25) is 14.7 Å². The predicted molar refractivity (Wildman–Crippen MR) is 148 cm³/mol. The Morgan fingerprint density at radius 1 is 1.11 bits per heavy atom. The zero-order valence-electron chi connectivity index (χ0n) is 19.7. The van der Waals surface area contributed by atoms with Crippen molar-refractivity contribution in [2.24, 2.45) is 0 Å². The lowest BCUT2D eigenvalue weighted by atomic mass is 10.1. The van der Waals surface area contributed by atoms with Crippen molar-refractivity contribution in [3.63, 3.8) is 0 Å². The van der Waals surface area contributed by atoms with Gasteiger partial charge in [-0.2, -0.15) is 0 Å². The maximum absolute atomic E-state index is 11.5. The summed E-state index contributed by atoms with van der Waals surface area (Å²) in [6.45, 7) is 1.77. The molecule has 0 aliphatic carbocycles.